The van der Waals surface area contributed by atoms with Gasteiger partial charge in [0.25, 0.3) is 0 Å². The van der Waals surface area contributed by atoms with Crippen molar-refractivity contribution in [3.63, 3.8) is 0 Å². The normalized spacial score (nSPS) is 17.9. The van der Waals surface area contributed by atoms with Gasteiger partial charge in [0.05, 0.1) is 16.8 Å². The van der Waals surface area contributed by atoms with Crippen LogP contribution in [-0.4, -0.2) is 11.7 Å². The van der Waals surface area contributed by atoms with Crippen molar-refractivity contribution < 1.29 is 0 Å². The van der Waals surface area contributed by atoms with Crippen LogP contribution in [0.1, 0.15) is 10.8 Å². The molecule has 0 fully saturated rings. The quantitative estimate of drug-likeness (QED) is 0.773. The molecule has 5 heteroatoms. The fourth-order valence-corrected chi connectivity index (χ4v) is 3.52. The summed E-state index contributed by atoms with van der Waals surface area (Å²) < 4.78 is 0.882. The zero-order valence-electron chi connectivity index (χ0n) is 10.5. The Morgan fingerprint density at radius 2 is 2.00 bits per heavy atom. The minimum absolute atomic E-state index is 0.398. The molecule has 1 N–H and O–H groups in total. The van der Waals surface area contributed by atoms with Crippen LogP contribution in [-0.2, 0) is 0 Å². The molecule has 20 heavy (non-hydrogen) atoms. The molecule has 0 saturated carbocycles. The van der Waals surface area contributed by atoms with Crippen molar-refractivity contribution in [3.05, 3.63) is 63.6 Å². The van der Waals surface area contributed by atoms with Gasteiger partial charge in [-0.2, -0.15) is 0 Å². The summed E-state index contributed by atoms with van der Waals surface area (Å²) in [6.07, 6.45) is 0. The van der Waals surface area contributed by atoms with E-state index in [4.69, 9.17) is 11.6 Å². The molecule has 0 aromatic heterocycles. The first-order chi connectivity index (χ1) is 9.72. The molecule has 1 unspecified atom stereocenters. The van der Waals surface area contributed by atoms with Gasteiger partial charge in [-0.25, -0.2) is 0 Å². The third-order valence-corrected chi connectivity index (χ3v) is 5.37. The molecule has 1 aliphatic rings. The molecule has 3 rings (SSSR count). The third kappa shape index (κ3) is 3.19. The van der Waals surface area contributed by atoms with E-state index in [1.54, 1.807) is 11.8 Å². The zero-order chi connectivity index (χ0) is 13.9. The predicted molar refractivity (Wildman–Crippen MR) is 91.9 cm³/mol. The maximum atomic E-state index is 5.99. The molecule has 102 valence electrons. The number of nitrogens with one attached hydrogen (secondary N) is 1. The first kappa shape index (κ1) is 14.0. The molecule has 1 aliphatic heterocycles. The molecule has 0 radical (unpaired) electrons. The molecule has 2 nitrogen and oxygen atoms in total. The number of nitrogens with zero attached hydrogens (tertiary/aromatic N) is 1. The van der Waals surface area contributed by atoms with Crippen LogP contribution < -0.4 is 5.32 Å². The Morgan fingerprint density at radius 3 is 2.75 bits per heavy atom. The second-order valence-corrected chi connectivity index (χ2v) is 6.87. The molecule has 2 aromatic rings. The van der Waals surface area contributed by atoms with Crippen LogP contribution in [0.4, 0.5) is 5.69 Å². The van der Waals surface area contributed by atoms with Gasteiger partial charge in [0.15, 0.2) is 5.17 Å². The summed E-state index contributed by atoms with van der Waals surface area (Å²) in [6, 6.07) is 16.2. The highest BCUT2D eigenvalue weighted by Gasteiger charge is 2.21. The Labute approximate surface area is 135 Å². The van der Waals surface area contributed by atoms with E-state index in [0.29, 0.717) is 10.3 Å². The fraction of sp³-hybridized carbons (Fsp3) is 0.133. The van der Waals surface area contributed by atoms with E-state index in [2.05, 4.69) is 50.5 Å². The number of hydrogen-bond donors (Lipinski definition) is 1. The van der Waals surface area contributed by atoms with E-state index in [1.165, 1.54) is 5.56 Å². The number of anilines is 1. The highest BCUT2D eigenvalue weighted by atomic mass is 79.9. The number of benzene rings is 2. The molecule has 0 spiro atoms. The lowest BCUT2D eigenvalue weighted by molar-refractivity contribution is 0.966. The van der Waals surface area contributed by atoms with Crippen molar-refractivity contribution in [1.29, 1.82) is 0 Å². The standard InChI is InChI=1S/C15H12BrClN2S/c16-12-8-11(6-7-13(12)17)19-15-18-9-14(20-15)10-4-2-1-3-5-10/h1-8,14H,9H2,(H,18,19). The average Bonchev–Trinajstić information content (AvgIpc) is 2.92. The van der Waals surface area contributed by atoms with Gasteiger partial charge in [-0.15, -0.1) is 0 Å². The largest absolute Gasteiger partial charge is 0.335 e. The maximum Gasteiger partial charge on any atom is 0.161 e. The van der Waals surface area contributed by atoms with Gasteiger partial charge in [-0.3, -0.25) is 4.99 Å². The van der Waals surface area contributed by atoms with Gasteiger partial charge >= 0.3 is 0 Å². The lowest BCUT2D eigenvalue weighted by Crippen LogP contribution is -2.05. The highest BCUT2D eigenvalue weighted by molar-refractivity contribution is 9.10. The van der Waals surface area contributed by atoms with Crippen molar-refractivity contribution in [3.8, 4) is 0 Å². The summed E-state index contributed by atoms with van der Waals surface area (Å²) in [4.78, 5) is 4.56. The smallest absolute Gasteiger partial charge is 0.161 e. The molecular weight excluding hydrogens is 356 g/mol. The minimum Gasteiger partial charge on any atom is -0.335 e. The van der Waals surface area contributed by atoms with Gasteiger partial charge in [0.1, 0.15) is 0 Å². The van der Waals surface area contributed by atoms with E-state index in [-0.39, 0.29) is 0 Å². The molecule has 1 atom stereocenters. The van der Waals surface area contributed by atoms with Crippen LogP contribution in [0.25, 0.3) is 0 Å². The first-order valence-corrected chi connectivity index (χ1v) is 8.25. The molecule has 1 heterocycles. The van der Waals surface area contributed by atoms with Crippen molar-refractivity contribution in [2.24, 2.45) is 4.99 Å². The Kier molecular flexibility index (Phi) is 4.34. The third-order valence-electron chi connectivity index (χ3n) is 3.00. The van der Waals surface area contributed by atoms with Crippen molar-refractivity contribution in [1.82, 2.24) is 0 Å². The first-order valence-electron chi connectivity index (χ1n) is 6.20. The summed E-state index contributed by atoms with van der Waals surface area (Å²) in [6.45, 7) is 0.811. The van der Waals surface area contributed by atoms with E-state index in [1.807, 2.05) is 24.3 Å². The number of aliphatic imine (C=N–C) groups is 1. The van der Waals surface area contributed by atoms with Gasteiger partial charge in [0.2, 0.25) is 0 Å². The van der Waals surface area contributed by atoms with E-state index in [0.717, 1.165) is 21.9 Å². The highest BCUT2D eigenvalue weighted by Crippen LogP contribution is 2.35. The van der Waals surface area contributed by atoms with Crippen LogP contribution in [0.3, 0.4) is 0 Å². The summed E-state index contributed by atoms with van der Waals surface area (Å²) in [5.41, 5.74) is 2.30. The lowest BCUT2D eigenvalue weighted by atomic mass is 10.1. The Bertz CT molecular complexity index is 646. The summed E-state index contributed by atoms with van der Waals surface area (Å²) >= 11 is 11.2. The van der Waals surface area contributed by atoms with Crippen LogP contribution in [0, 0.1) is 0 Å². The van der Waals surface area contributed by atoms with Crippen LogP contribution in [0.5, 0.6) is 0 Å². The van der Waals surface area contributed by atoms with Crippen molar-refractivity contribution >= 4 is 50.1 Å². The Balaban J connectivity index is 1.67. The number of halogens is 2. The van der Waals surface area contributed by atoms with Gasteiger partial charge in [0, 0.05) is 10.2 Å². The topological polar surface area (TPSA) is 24.4 Å². The Hall–Kier alpha value is -0.970. The van der Waals surface area contributed by atoms with Crippen LogP contribution in [0.15, 0.2) is 58.0 Å². The summed E-state index contributed by atoms with van der Waals surface area (Å²) in [5.74, 6) is 0. The summed E-state index contributed by atoms with van der Waals surface area (Å²) in [5, 5.41) is 5.39. The van der Waals surface area contributed by atoms with E-state index < -0.39 is 0 Å². The average molecular weight is 368 g/mol. The monoisotopic (exact) mass is 366 g/mol. The molecule has 0 aliphatic carbocycles. The Morgan fingerprint density at radius 1 is 1.20 bits per heavy atom. The number of amidine groups is 1. The number of hydrogen-bond acceptors (Lipinski definition) is 3. The molecule has 0 saturated heterocycles. The van der Waals surface area contributed by atoms with Gasteiger partial charge in [-0.1, -0.05) is 53.7 Å². The van der Waals surface area contributed by atoms with E-state index in [9.17, 15) is 0 Å². The van der Waals surface area contributed by atoms with Gasteiger partial charge < -0.3 is 5.32 Å². The predicted octanol–water partition coefficient (Wildman–Crippen LogP) is 5.36. The van der Waals surface area contributed by atoms with Gasteiger partial charge in [-0.05, 0) is 39.7 Å². The van der Waals surface area contributed by atoms with Crippen molar-refractivity contribution in [2.45, 2.75) is 5.25 Å². The summed E-state index contributed by atoms with van der Waals surface area (Å²) in [7, 11) is 0. The molecule has 2 aromatic carbocycles. The lowest BCUT2D eigenvalue weighted by Gasteiger charge is -2.10. The second-order valence-electron chi connectivity index (χ2n) is 4.42. The van der Waals surface area contributed by atoms with E-state index >= 15 is 0 Å². The number of thioether (sulfide) groups is 1. The molecule has 0 bridgehead atoms. The molecule has 0 amide bonds. The van der Waals surface area contributed by atoms with Crippen LogP contribution in [0.2, 0.25) is 5.02 Å². The number of rotatable bonds is 2. The fourth-order valence-electron chi connectivity index (χ4n) is 1.98. The maximum absolute atomic E-state index is 5.99. The van der Waals surface area contributed by atoms with Crippen molar-refractivity contribution in [2.75, 3.05) is 11.9 Å². The molecular formula is C15H12BrClN2S. The SMILES string of the molecule is Clc1ccc(NC2=NCC(c3ccccc3)S2)cc1Br. The second kappa shape index (κ2) is 6.20. The minimum atomic E-state index is 0.398. The zero-order valence-corrected chi connectivity index (χ0v) is 13.7. The van der Waals surface area contributed by atoms with Crippen LogP contribution >= 0.6 is 39.3 Å².